The Bertz CT molecular complexity index is 384. The third-order valence-corrected chi connectivity index (χ3v) is 3.58. The molecule has 3 nitrogen and oxygen atoms in total. The predicted octanol–water partition coefficient (Wildman–Crippen LogP) is 2.22. The quantitative estimate of drug-likeness (QED) is 0.865. The van der Waals surface area contributed by atoms with Crippen molar-refractivity contribution in [3.8, 4) is 5.75 Å². The molecule has 1 aromatic carbocycles. The SMILES string of the molecule is COc1ccc(CCN(C)C)cc1C1CCCN1. The molecular formula is C15H24N2O. The van der Waals surface area contributed by atoms with Crippen LogP contribution < -0.4 is 10.1 Å². The van der Waals surface area contributed by atoms with Gasteiger partial charge in [-0.15, -0.1) is 0 Å². The second kappa shape index (κ2) is 6.21. The zero-order valence-electron chi connectivity index (χ0n) is 11.7. The lowest BCUT2D eigenvalue weighted by Crippen LogP contribution is -2.16. The third-order valence-electron chi connectivity index (χ3n) is 3.58. The van der Waals surface area contributed by atoms with Gasteiger partial charge in [-0.1, -0.05) is 12.1 Å². The molecule has 1 aliphatic rings. The van der Waals surface area contributed by atoms with Crippen LogP contribution in [0.15, 0.2) is 18.2 Å². The molecule has 1 N–H and O–H groups in total. The van der Waals surface area contributed by atoms with Crippen molar-refractivity contribution < 1.29 is 4.74 Å². The number of hydrogen-bond acceptors (Lipinski definition) is 3. The highest BCUT2D eigenvalue weighted by Crippen LogP contribution is 2.31. The lowest BCUT2D eigenvalue weighted by molar-refractivity contribution is 0.401. The van der Waals surface area contributed by atoms with Gasteiger partial charge in [0, 0.05) is 18.2 Å². The zero-order chi connectivity index (χ0) is 13.0. The highest BCUT2D eigenvalue weighted by molar-refractivity contribution is 5.40. The number of likely N-dealkylation sites (N-methyl/N-ethyl adjacent to an activating group) is 1. The van der Waals surface area contributed by atoms with Crippen molar-refractivity contribution in [3.63, 3.8) is 0 Å². The first-order chi connectivity index (χ1) is 8.70. The van der Waals surface area contributed by atoms with Gasteiger partial charge in [-0.05, 0) is 51.5 Å². The summed E-state index contributed by atoms with van der Waals surface area (Å²) in [5, 5.41) is 3.55. The molecule has 0 radical (unpaired) electrons. The molecule has 0 saturated carbocycles. The van der Waals surface area contributed by atoms with E-state index in [-0.39, 0.29) is 0 Å². The van der Waals surface area contributed by atoms with Crippen molar-refractivity contribution in [2.45, 2.75) is 25.3 Å². The zero-order valence-corrected chi connectivity index (χ0v) is 11.7. The van der Waals surface area contributed by atoms with Crippen molar-refractivity contribution in [3.05, 3.63) is 29.3 Å². The van der Waals surface area contributed by atoms with Crippen LogP contribution in [-0.4, -0.2) is 39.2 Å². The number of nitrogens with one attached hydrogen (secondary N) is 1. The molecule has 2 rings (SSSR count). The minimum atomic E-state index is 0.472. The van der Waals surface area contributed by atoms with Crippen LogP contribution >= 0.6 is 0 Å². The van der Waals surface area contributed by atoms with Crippen LogP contribution in [0.5, 0.6) is 5.75 Å². The fraction of sp³-hybridized carbons (Fsp3) is 0.600. The number of benzene rings is 1. The molecule has 3 heteroatoms. The molecule has 0 amide bonds. The van der Waals surface area contributed by atoms with E-state index in [1.165, 1.54) is 24.0 Å². The van der Waals surface area contributed by atoms with Crippen LogP contribution in [-0.2, 0) is 6.42 Å². The summed E-state index contributed by atoms with van der Waals surface area (Å²) >= 11 is 0. The molecule has 1 fully saturated rings. The number of methoxy groups -OCH3 is 1. The van der Waals surface area contributed by atoms with E-state index in [4.69, 9.17) is 4.74 Å². The van der Waals surface area contributed by atoms with Gasteiger partial charge in [-0.3, -0.25) is 0 Å². The van der Waals surface area contributed by atoms with Gasteiger partial charge in [-0.25, -0.2) is 0 Å². The summed E-state index contributed by atoms with van der Waals surface area (Å²) < 4.78 is 5.49. The maximum Gasteiger partial charge on any atom is 0.123 e. The fourth-order valence-electron chi connectivity index (χ4n) is 2.51. The lowest BCUT2D eigenvalue weighted by Gasteiger charge is -2.17. The number of ether oxygens (including phenoxy) is 1. The molecule has 1 saturated heterocycles. The molecule has 100 valence electrons. The van der Waals surface area contributed by atoms with E-state index >= 15 is 0 Å². The van der Waals surface area contributed by atoms with Crippen LogP contribution in [0, 0.1) is 0 Å². The van der Waals surface area contributed by atoms with Gasteiger partial charge in [0.2, 0.25) is 0 Å². The number of rotatable bonds is 5. The first-order valence-corrected chi connectivity index (χ1v) is 6.75. The van der Waals surface area contributed by atoms with Gasteiger partial charge >= 0.3 is 0 Å². The summed E-state index contributed by atoms with van der Waals surface area (Å²) in [5.74, 6) is 1.02. The van der Waals surface area contributed by atoms with Crippen molar-refractivity contribution in [1.29, 1.82) is 0 Å². The van der Waals surface area contributed by atoms with Crippen LogP contribution in [0.2, 0.25) is 0 Å². The highest BCUT2D eigenvalue weighted by Gasteiger charge is 2.20. The Morgan fingerprint density at radius 3 is 2.83 bits per heavy atom. The molecule has 0 aromatic heterocycles. The summed E-state index contributed by atoms with van der Waals surface area (Å²) in [4.78, 5) is 2.22. The Morgan fingerprint density at radius 1 is 1.39 bits per heavy atom. The highest BCUT2D eigenvalue weighted by atomic mass is 16.5. The Kier molecular flexibility index (Phi) is 4.61. The van der Waals surface area contributed by atoms with E-state index in [2.05, 4.69) is 42.5 Å². The normalized spacial score (nSPS) is 19.4. The maximum atomic E-state index is 5.49. The second-order valence-electron chi connectivity index (χ2n) is 5.28. The fourth-order valence-corrected chi connectivity index (χ4v) is 2.51. The monoisotopic (exact) mass is 248 g/mol. The summed E-state index contributed by atoms with van der Waals surface area (Å²) in [5.41, 5.74) is 2.72. The van der Waals surface area contributed by atoms with E-state index in [1.54, 1.807) is 7.11 Å². The third kappa shape index (κ3) is 3.24. The standard InChI is InChI=1S/C15H24N2O/c1-17(2)10-8-12-6-7-15(18-3)13(11-12)14-5-4-9-16-14/h6-7,11,14,16H,4-5,8-10H2,1-3H3. The second-order valence-corrected chi connectivity index (χ2v) is 5.28. The van der Waals surface area contributed by atoms with E-state index in [1.807, 2.05) is 0 Å². The van der Waals surface area contributed by atoms with Gasteiger partial charge in [0.1, 0.15) is 5.75 Å². The molecule has 18 heavy (non-hydrogen) atoms. The summed E-state index contributed by atoms with van der Waals surface area (Å²) in [6, 6.07) is 7.08. The smallest absolute Gasteiger partial charge is 0.123 e. The van der Waals surface area contributed by atoms with Crippen molar-refractivity contribution in [2.24, 2.45) is 0 Å². The molecule has 0 bridgehead atoms. The van der Waals surface area contributed by atoms with Gasteiger partial charge < -0.3 is 15.0 Å². The first-order valence-electron chi connectivity index (χ1n) is 6.75. The van der Waals surface area contributed by atoms with E-state index < -0.39 is 0 Å². The Hall–Kier alpha value is -1.06. The topological polar surface area (TPSA) is 24.5 Å². The van der Waals surface area contributed by atoms with E-state index in [0.29, 0.717) is 6.04 Å². The summed E-state index contributed by atoms with van der Waals surface area (Å²) in [7, 11) is 5.99. The van der Waals surface area contributed by atoms with Crippen molar-refractivity contribution >= 4 is 0 Å². The number of hydrogen-bond donors (Lipinski definition) is 1. The van der Waals surface area contributed by atoms with Crippen molar-refractivity contribution in [1.82, 2.24) is 10.2 Å². The molecule has 0 spiro atoms. The first kappa shape index (κ1) is 13.4. The predicted molar refractivity (Wildman–Crippen MR) is 75.2 cm³/mol. The van der Waals surface area contributed by atoms with Crippen molar-refractivity contribution in [2.75, 3.05) is 34.3 Å². The molecule has 1 aliphatic heterocycles. The van der Waals surface area contributed by atoms with Gasteiger partial charge in [0.05, 0.1) is 7.11 Å². The molecule has 0 aliphatic carbocycles. The molecule has 1 aromatic rings. The average Bonchev–Trinajstić information content (AvgIpc) is 2.89. The van der Waals surface area contributed by atoms with Crippen LogP contribution in [0.4, 0.5) is 0 Å². The molecule has 1 unspecified atom stereocenters. The largest absolute Gasteiger partial charge is 0.496 e. The minimum Gasteiger partial charge on any atom is -0.496 e. The maximum absolute atomic E-state index is 5.49. The van der Waals surface area contributed by atoms with Gasteiger partial charge in [0.15, 0.2) is 0 Å². The minimum absolute atomic E-state index is 0.472. The van der Waals surface area contributed by atoms with Gasteiger partial charge in [-0.2, -0.15) is 0 Å². The van der Waals surface area contributed by atoms with Crippen LogP contribution in [0.1, 0.15) is 30.0 Å². The molecular weight excluding hydrogens is 224 g/mol. The summed E-state index contributed by atoms with van der Waals surface area (Å²) in [6.45, 7) is 2.21. The van der Waals surface area contributed by atoms with E-state index in [9.17, 15) is 0 Å². The molecule has 1 heterocycles. The Balaban J connectivity index is 2.16. The van der Waals surface area contributed by atoms with Crippen LogP contribution in [0.25, 0.3) is 0 Å². The Morgan fingerprint density at radius 2 is 2.22 bits per heavy atom. The number of nitrogens with zero attached hydrogens (tertiary/aromatic N) is 1. The molecule has 1 atom stereocenters. The summed E-state index contributed by atoms with van der Waals surface area (Å²) in [6.07, 6.45) is 3.57. The van der Waals surface area contributed by atoms with Gasteiger partial charge in [0.25, 0.3) is 0 Å². The average molecular weight is 248 g/mol. The van der Waals surface area contributed by atoms with Crippen LogP contribution in [0.3, 0.4) is 0 Å². The Labute approximate surface area is 110 Å². The van der Waals surface area contributed by atoms with E-state index in [0.717, 1.165) is 25.3 Å². The lowest BCUT2D eigenvalue weighted by atomic mass is 10.00.